The second-order valence-electron chi connectivity index (χ2n) is 5.26. The minimum absolute atomic E-state index is 0.0650. The molecule has 1 amide bonds. The first kappa shape index (κ1) is 16.2. The van der Waals surface area contributed by atoms with Gasteiger partial charge in [-0.3, -0.25) is 14.5 Å². The van der Waals surface area contributed by atoms with Crippen LogP contribution in [0, 0.1) is 5.92 Å². The summed E-state index contributed by atoms with van der Waals surface area (Å²) in [7, 11) is 0. The number of hydrogen-bond donors (Lipinski definition) is 2. The molecule has 0 aliphatic carbocycles. The molecule has 0 spiro atoms. The van der Waals surface area contributed by atoms with Gasteiger partial charge in [0.25, 0.3) is 0 Å². The number of carboxylic acid groups (broad SMARTS) is 1. The van der Waals surface area contributed by atoms with Crippen LogP contribution in [0.25, 0.3) is 0 Å². The first-order valence-electron chi connectivity index (χ1n) is 6.65. The van der Waals surface area contributed by atoms with Gasteiger partial charge in [-0.15, -0.1) is 0 Å². The quantitative estimate of drug-likeness (QED) is 0.755. The minimum atomic E-state index is -0.933. The van der Waals surface area contributed by atoms with Crippen LogP contribution in [0.3, 0.4) is 0 Å². The van der Waals surface area contributed by atoms with Crippen molar-refractivity contribution in [2.75, 3.05) is 19.6 Å². The smallest absolute Gasteiger partial charge is 0.317 e. The number of nitrogens with zero attached hydrogens (tertiary/aromatic N) is 1. The van der Waals surface area contributed by atoms with Gasteiger partial charge in [0, 0.05) is 6.54 Å². The van der Waals surface area contributed by atoms with Gasteiger partial charge < -0.3 is 14.8 Å². The summed E-state index contributed by atoms with van der Waals surface area (Å²) >= 11 is 0. The summed E-state index contributed by atoms with van der Waals surface area (Å²) in [5.41, 5.74) is 0. The van der Waals surface area contributed by atoms with Gasteiger partial charge >= 0.3 is 5.97 Å². The highest BCUT2D eigenvalue weighted by atomic mass is 16.4. The lowest BCUT2D eigenvalue weighted by Crippen LogP contribution is -2.42. The van der Waals surface area contributed by atoms with Crippen molar-refractivity contribution in [3.8, 4) is 0 Å². The van der Waals surface area contributed by atoms with Gasteiger partial charge in [0.1, 0.15) is 5.76 Å². The van der Waals surface area contributed by atoms with Gasteiger partial charge in [0.15, 0.2) is 0 Å². The Bertz CT molecular complexity index is 428. The Balaban J connectivity index is 2.50. The van der Waals surface area contributed by atoms with Crippen LogP contribution in [0.5, 0.6) is 0 Å². The van der Waals surface area contributed by atoms with Crippen LogP contribution in [0.2, 0.25) is 0 Å². The van der Waals surface area contributed by atoms with E-state index in [2.05, 4.69) is 5.32 Å². The number of amides is 1. The summed E-state index contributed by atoms with van der Waals surface area (Å²) in [6, 6.07) is 3.31. The molecule has 20 heavy (non-hydrogen) atoms. The number of carboxylic acids is 1. The minimum Gasteiger partial charge on any atom is -0.480 e. The molecule has 1 rings (SSSR count). The van der Waals surface area contributed by atoms with Crippen LogP contribution in [-0.2, 0) is 9.59 Å². The number of carbonyl (C=O) groups is 2. The maximum Gasteiger partial charge on any atom is 0.317 e. The van der Waals surface area contributed by atoms with Crippen molar-refractivity contribution in [1.82, 2.24) is 10.2 Å². The fourth-order valence-corrected chi connectivity index (χ4v) is 1.99. The molecule has 1 heterocycles. The molecule has 0 bridgehead atoms. The number of aliphatic carboxylic acids is 1. The lowest BCUT2D eigenvalue weighted by atomic mass is 10.2. The van der Waals surface area contributed by atoms with E-state index in [4.69, 9.17) is 9.52 Å². The van der Waals surface area contributed by atoms with Crippen molar-refractivity contribution in [2.24, 2.45) is 5.92 Å². The summed E-state index contributed by atoms with van der Waals surface area (Å²) in [4.78, 5) is 24.4. The Kier molecular flexibility index (Phi) is 6.24. The van der Waals surface area contributed by atoms with Crippen LogP contribution in [0.4, 0.5) is 0 Å². The van der Waals surface area contributed by atoms with E-state index in [1.54, 1.807) is 23.3 Å². The van der Waals surface area contributed by atoms with Crippen molar-refractivity contribution >= 4 is 11.9 Å². The van der Waals surface area contributed by atoms with Crippen molar-refractivity contribution in [1.29, 1.82) is 0 Å². The van der Waals surface area contributed by atoms with Gasteiger partial charge in [0.2, 0.25) is 5.91 Å². The Morgan fingerprint density at radius 1 is 1.35 bits per heavy atom. The SMILES string of the molecule is CC(C)CN(CC(=O)O)CC(=O)NC(C)c1ccco1. The van der Waals surface area contributed by atoms with E-state index in [0.29, 0.717) is 18.2 Å². The topological polar surface area (TPSA) is 82.8 Å². The average molecular weight is 282 g/mol. The molecule has 0 saturated carbocycles. The summed E-state index contributed by atoms with van der Waals surface area (Å²) in [6.07, 6.45) is 1.55. The molecule has 6 nitrogen and oxygen atoms in total. The number of rotatable bonds is 8. The van der Waals surface area contributed by atoms with Gasteiger partial charge in [0.05, 0.1) is 25.4 Å². The highest BCUT2D eigenvalue weighted by Gasteiger charge is 2.17. The first-order valence-corrected chi connectivity index (χ1v) is 6.65. The molecule has 0 aliphatic rings. The average Bonchev–Trinajstić information content (AvgIpc) is 2.79. The zero-order valence-electron chi connectivity index (χ0n) is 12.1. The fourth-order valence-electron chi connectivity index (χ4n) is 1.99. The number of nitrogens with one attached hydrogen (secondary N) is 1. The predicted molar refractivity (Wildman–Crippen MR) is 74.2 cm³/mol. The molecule has 2 N–H and O–H groups in total. The lowest BCUT2D eigenvalue weighted by molar-refractivity contribution is -0.138. The van der Waals surface area contributed by atoms with E-state index in [9.17, 15) is 9.59 Å². The highest BCUT2D eigenvalue weighted by molar-refractivity contribution is 5.79. The van der Waals surface area contributed by atoms with Gasteiger partial charge in [-0.05, 0) is 25.0 Å². The van der Waals surface area contributed by atoms with Crippen molar-refractivity contribution < 1.29 is 19.1 Å². The molecule has 0 aromatic carbocycles. The standard InChI is InChI=1S/C14H22N2O4/c1-10(2)7-16(9-14(18)19)8-13(17)15-11(3)12-5-4-6-20-12/h4-6,10-11H,7-9H2,1-3H3,(H,15,17)(H,18,19). The molecule has 0 fully saturated rings. The second-order valence-corrected chi connectivity index (χ2v) is 5.26. The van der Waals surface area contributed by atoms with Crippen LogP contribution in [-0.4, -0.2) is 41.5 Å². The van der Waals surface area contributed by atoms with E-state index in [-0.39, 0.29) is 25.0 Å². The highest BCUT2D eigenvalue weighted by Crippen LogP contribution is 2.11. The molecule has 112 valence electrons. The largest absolute Gasteiger partial charge is 0.480 e. The molecular weight excluding hydrogens is 260 g/mol. The Labute approximate surface area is 118 Å². The van der Waals surface area contributed by atoms with Crippen molar-refractivity contribution in [3.05, 3.63) is 24.2 Å². The number of furan rings is 1. The summed E-state index contributed by atoms with van der Waals surface area (Å²) in [5, 5.41) is 11.6. The summed E-state index contributed by atoms with van der Waals surface area (Å²) < 4.78 is 5.21. The maximum absolute atomic E-state index is 11.9. The third-order valence-electron chi connectivity index (χ3n) is 2.70. The summed E-state index contributed by atoms with van der Waals surface area (Å²) in [5.74, 6) is -0.176. The van der Waals surface area contributed by atoms with Crippen LogP contribution >= 0.6 is 0 Å². The van der Waals surface area contributed by atoms with Crippen molar-refractivity contribution in [2.45, 2.75) is 26.8 Å². The van der Waals surface area contributed by atoms with Gasteiger partial charge in [-0.2, -0.15) is 0 Å². The first-order chi connectivity index (χ1) is 9.38. The normalized spacial score (nSPS) is 12.7. The zero-order valence-corrected chi connectivity index (χ0v) is 12.1. The summed E-state index contributed by atoms with van der Waals surface area (Å²) in [6.45, 7) is 6.28. The Morgan fingerprint density at radius 3 is 2.55 bits per heavy atom. The Hall–Kier alpha value is -1.82. The molecule has 0 aliphatic heterocycles. The van der Waals surface area contributed by atoms with E-state index < -0.39 is 5.97 Å². The van der Waals surface area contributed by atoms with E-state index in [1.165, 1.54) is 0 Å². The molecule has 0 radical (unpaired) electrons. The van der Waals surface area contributed by atoms with E-state index in [0.717, 1.165) is 0 Å². The van der Waals surface area contributed by atoms with E-state index in [1.807, 2.05) is 20.8 Å². The third-order valence-corrected chi connectivity index (χ3v) is 2.70. The molecule has 1 aromatic rings. The maximum atomic E-state index is 11.9. The van der Waals surface area contributed by atoms with Crippen LogP contribution in [0.15, 0.2) is 22.8 Å². The lowest BCUT2D eigenvalue weighted by Gasteiger charge is -2.22. The van der Waals surface area contributed by atoms with Crippen LogP contribution in [0.1, 0.15) is 32.6 Å². The fraction of sp³-hybridized carbons (Fsp3) is 0.571. The number of hydrogen-bond acceptors (Lipinski definition) is 4. The van der Waals surface area contributed by atoms with Gasteiger partial charge in [-0.25, -0.2) is 0 Å². The van der Waals surface area contributed by atoms with Crippen molar-refractivity contribution in [3.63, 3.8) is 0 Å². The van der Waals surface area contributed by atoms with Gasteiger partial charge in [-0.1, -0.05) is 13.8 Å². The molecule has 0 saturated heterocycles. The third kappa shape index (κ3) is 5.88. The molecule has 1 unspecified atom stereocenters. The van der Waals surface area contributed by atoms with E-state index >= 15 is 0 Å². The molecule has 1 aromatic heterocycles. The Morgan fingerprint density at radius 2 is 2.05 bits per heavy atom. The zero-order chi connectivity index (χ0) is 15.1. The molecular formula is C14H22N2O4. The molecule has 6 heteroatoms. The predicted octanol–water partition coefficient (Wildman–Crippen LogP) is 1.50. The molecule has 1 atom stereocenters. The monoisotopic (exact) mass is 282 g/mol. The number of carbonyl (C=O) groups excluding carboxylic acids is 1. The van der Waals surface area contributed by atoms with Crippen LogP contribution < -0.4 is 5.32 Å². The second kappa shape index (κ2) is 7.69.